The van der Waals surface area contributed by atoms with Gasteiger partial charge in [-0.25, -0.2) is 0 Å². The SMILES string of the molecule is Cc1cc(C(C)NC(=O)C2CCC2)c(C)s1. The van der Waals surface area contributed by atoms with Gasteiger partial charge < -0.3 is 5.32 Å². The zero-order valence-corrected chi connectivity index (χ0v) is 11.0. The van der Waals surface area contributed by atoms with Crippen LogP contribution in [-0.4, -0.2) is 5.91 Å². The predicted molar refractivity (Wildman–Crippen MR) is 67.7 cm³/mol. The van der Waals surface area contributed by atoms with Crippen molar-refractivity contribution < 1.29 is 4.79 Å². The summed E-state index contributed by atoms with van der Waals surface area (Å²) in [6.07, 6.45) is 3.35. The molecule has 1 heterocycles. The highest BCUT2D eigenvalue weighted by molar-refractivity contribution is 7.12. The number of amides is 1. The molecule has 0 bridgehead atoms. The fraction of sp³-hybridized carbons (Fsp3) is 0.615. The maximum absolute atomic E-state index is 11.8. The van der Waals surface area contributed by atoms with Crippen molar-refractivity contribution in [2.45, 2.75) is 46.1 Å². The fourth-order valence-electron chi connectivity index (χ4n) is 2.16. The van der Waals surface area contributed by atoms with Gasteiger partial charge in [-0.05, 0) is 45.2 Å². The first-order chi connectivity index (χ1) is 7.58. The summed E-state index contributed by atoms with van der Waals surface area (Å²) in [7, 11) is 0. The average molecular weight is 237 g/mol. The molecule has 3 heteroatoms. The fourth-order valence-corrected chi connectivity index (χ4v) is 3.18. The summed E-state index contributed by atoms with van der Waals surface area (Å²) in [5.74, 6) is 0.518. The molecule has 1 atom stereocenters. The predicted octanol–water partition coefficient (Wildman–Crippen LogP) is 3.34. The highest BCUT2D eigenvalue weighted by Crippen LogP contribution is 2.29. The van der Waals surface area contributed by atoms with Gasteiger partial charge in [0.15, 0.2) is 0 Å². The smallest absolute Gasteiger partial charge is 0.223 e. The van der Waals surface area contributed by atoms with Crippen LogP contribution in [0.5, 0.6) is 0 Å². The Kier molecular flexibility index (Phi) is 3.33. The van der Waals surface area contributed by atoms with Crippen molar-refractivity contribution in [3.8, 4) is 0 Å². The maximum atomic E-state index is 11.8. The molecule has 1 aromatic heterocycles. The Morgan fingerprint density at radius 2 is 2.19 bits per heavy atom. The first kappa shape index (κ1) is 11.6. The molecule has 1 aliphatic rings. The van der Waals surface area contributed by atoms with Crippen LogP contribution in [0.2, 0.25) is 0 Å². The normalized spacial score (nSPS) is 17.9. The lowest BCUT2D eigenvalue weighted by Gasteiger charge is -2.26. The van der Waals surface area contributed by atoms with E-state index in [-0.39, 0.29) is 17.9 Å². The van der Waals surface area contributed by atoms with Crippen molar-refractivity contribution in [2.75, 3.05) is 0 Å². The van der Waals surface area contributed by atoms with Gasteiger partial charge in [0.25, 0.3) is 0 Å². The van der Waals surface area contributed by atoms with Crippen LogP contribution in [0.4, 0.5) is 0 Å². The summed E-state index contributed by atoms with van der Waals surface area (Å²) < 4.78 is 0. The molecule has 0 aliphatic heterocycles. The minimum Gasteiger partial charge on any atom is -0.349 e. The van der Waals surface area contributed by atoms with Gasteiger partial charge >= 0.3 is 0 Å². The molecule has 0 aromatic carbocycles. The molecule has 1 fully saturated rings. The molecule has 0 radical (unpaired) electrons. The van der Waals surface area contributed by atoms with Crippen LogP contribution in [0, 0.1) is 19.8 Å². The van der Waals surface area contributed by atoms with E-state index in [0.717, 1.165) is 12.8 Å². The number of hydrogen-bond donors (Lipinski definition) is 1. The Morgan fingerprint density at radius 3 is 2.62 bits per heavy atom. The van der Waals surface area contributed by atoms with E-state index < -0.39 is 0 Å². The first-order valence-corrected chi connectivity index (χ1v) is 6.77. The van der Waals surface area contributed by atoms with Gasteiger partial charge in [0.05, 0.1) is 6.04 Å². The van der Waals surface area contributed by atoms with Crippen molar-refractivity contribution in [3.05, 3.63) is 21.4 Å². The summed E-state index contributed by atoms with van der Waals surface area (Å²) in [5, 5.41) is 3.12. The summed E-state index contributed by atoms with van der Waals surface area (Å²) in [5.41, 5.74) is 1.27. The minimum absolute atomic E-state index is 0.151. The van der Waals surface area contributed by atoms with Gasteiger partial charge in [-0.15, -0.1) is 11.3 Å². The molecule has 2 nitrogen and oxygen atoms in total. The van der Waals surface area contributed by atoms with Crippen LogP contribution in [0.15, 0.2) is 6.07 Å². The van der Waals surface area contributed by atoms with Crippen molar-refractivity contribution in [2.24, 2.45) is 5.92 Å². The van der Waals surface area contributed by atoms with Gasteiger partial charge in [0.2, 0.25) is 5.91 Å². The second kappa shape index (κ2) is 4.58. The van der Waals surface area contributed by atoms with Gasteiger partial charge in [0, 0.05) is 15.7 Å². The lowest BCUT2D eigenvalue weighted by Crippen LogP contribution is -2.36. The average Bonchev–Trinajstić information content (AvgIpc) is 2.41. The Hall–Kier alpha value is -0.830. The third kappa shape index (κ3) is 2.29. The Morgan fingerprint density at radius 1 is 1.50 bits per heavy atom. The van der Waals surface area contributed by atoms with Crippen molar-refractivity contribution in [3.63, 3.8) is 0 Å². The standard InChI is InChI=1S/C13H19NOS/c1-8-7-12(10(3)16-8)9(2)14-13(15)11-5-4-6-11/h7,9,11H,4-6H2,1-3H3,(H,14,15). The summed E-state index contributed by atoms with van der Waals surface area (Å²) in [6.45, 7) is 6.31. The molecule has 0 spiro atoms. The highest BCUT2D eigenvalue weighted by atomic mass is 32.1. The molecule has 1 amide bonds. The van der Waals surface area contributed by atoms with Crippen molar-refractivity contribution in [1.82, 2.24) is 5.32 Å². The van der Waals surface area contributed by atoms with E-state index in [4.69, 9.17) is 0 Å². The largest absolute Gasteiger partial charge is 0.349 e. The number of aryl methyl sites for hydroxylation is 2. The third-order valence-corrected chi connectivity index (χ3v) is 4.36. The van der Waals surface area contributed by atoms with E-state index in [2.05, 4.69) is 32.2 Å². The lowest BCUT2D eigenvalue weighted by atomic mass is 9.84. The quantitative estimate of drug-likeness (QED) is 0.858. The number of hydrogen-bond acceptors (Lipinski definition) is 2. The van der Waals surface area contributed by atoms with Crippen molar-refractivity contribution in [1.29, 1.82) is 0 Å². The van der Waals surface area contributed by atoms with E-state index in [1.807, 2.05) is 0 Å². The van der Waals surface area contributed by atoms with Gasteiger partial charge in [0.1, 0.15) is 0 Å². The van der Waals surface area contributed by atoms with Crippen LogP contribution >= 0.6 is 11.3 Å². The second-order valence-corrected chi connectivity index (χ2v) is 6.19. The minimum atomic E-state index is 0.151. The van der Waals surface area contributed by atoms with E-state index in [9.17, 15) is 4.79 Å². The Bertz CT molecular complexity index is 393. The number of rotatable bonds is 3. The van der Waals surface area contributed by atoms with E-state index in [1.54, 1.807) is 11.3 Å². The van der Waals surface area contributed by atoms with Crippen LogP contribution in [-0.2, 0) is 4.79 Å². The van der Waals surface area contributed by atoms with E-state index in [0.29, 0.717) is 0 Å². The van der Waals surface area contributed by atoms with Crippen LogP contribution < -0.4 is 5.32 Å². The number of carbonyl (C=O) groups excluding carboxylic acids is 1. The number of thiophene rings is 1. The zero-order chi connectivity index (χ0) is 11.7. The maximum Gasteiger partial charge on any atom is 0.223 e. The van der Waals surface area contributed by atoms with Crippen LogP contribution in [0.25, 0.3) is 0 Å². The van der Waals surface area contributed by atoms with Crippen LogP contribution in [0.1, 0.15) is 47.5 Å². The molecule has 88 valence electrons. The van der Waals surface area contributed by atoms with Crippen LogP contribution in [0.3, 0.4) is 0 Å². The molecule has 1 aliphatic carbocycles. The van der Waals surface area contributed by atoms with Crippen molar-refractivity contribution >= 4 is 17.2 Å². The highest BCUT2D eigenvalue weighted by Gasteiger charge is 2.26. The number of carbonyl (C=O) groups is 1. The topological polar surface area (TPSA) is 29.1 Å². The molecule has 2 rings (SSSR count). The summed E-state index contributed by atoms with van der Waals surface area (Å²) >= 11 is 1.80. The molecular weight excluding hydrogens is 218 g/mol. The third-order valence-electron chi connectivity index (χ3n) is 3.38. The lowest BCUT2D eigenvalue weighted by molar-refractivity contribution is -0.128. The molecule has 1 N–H and O–H groups in total. The molecule has 1 aromatic rings. The van der Waals surface area contributed by atoms with Gasteiger partial charge in [-0.2, -0.15) is 0 Å². The number of nitrogens with one attached hydrogen (secondary N) is 1. The monoisotopic (exact) mass is 237 g/mol. The summed E-state index contributed by atoms with van der Waals surface area (Å²) in [4.78, 5) is 14.5. The van der Waals surface area contributed by atoms with E-state index in [1.165, 1.54) is 21.7 Å². The van der Waals surface area contributed by atoms with E-state index >= 15 is 0 Å². The Balaban J connectivity index is 1.99. The zero-order valence-electron chi connectivity index (χ0n) is 10.2. The van der Waals surface area contributed by atoms with Gasteiger partial charge in [-0.3, -0.25) is 4.79 Å². The molecular formula is C13H19NOS. The first-order valence-electron chi connectivity index (χ1n) is 5.95. The molecule has 1 saturated carbocycles. The molecule has 0 saturated heterocycles. The molecule has 16 heavy (non-hydrogen) atoms. The van der Waals surface area contributed by atoms with Gasteiger partial charge in [-0.1, -0.05) is 6.42 Å². The second-order valence-electron chi connectivity index (χ2n) is 4.73. The molecule has 1 unspecified atom stereocenters. The summed E-state index contributed by atoms with van der Waals surface area (Å²) in [6, 6.07) is 2.34. The Labute approximate surface area is 101 Å².